The van der Waals surface area contributed by atoms with Crippen LogP contribution in [0, 0.1) is 0 Å². The quantitative estimate of drug-likeness (QED) is 0.518. The molecule has 0 saturated heterocycles. The molecule has 0 aliphatic rings. The molecule has 0 unspecified atom stereocenters. The van der Waals surface area contributed by atoms with Gasteiger partial charge in [0.2, 0.25) is 10.0 Å². The number of sulfonamides is 1. The van der Waals surface area contributed by atoms with Gasteiger partial charge in [-0.3, -0.25) is 9.78 Å². The molecule has 2 aromatic rings. The van der Waals surface area contributed by atoms with Crippen molar-refractivity contribution in [1.29, 1.82) is 0 Å². The molecule has 1 amide bonds. The fraction of sp³-hybridized carbons (Fsp3) is 0.368. The van der Waals surface area contributed by atoms with Crippen LogP contribution in [-0.4, -0.2) is 49.3 Å². The van der Waals surface area contributed by atoms with Gasteiger partial charge in [-0.05, 0) is 24.1 Å². The number of alkyl halides is 3. The van der Waals surface area contributed by atoms with Crippen LogP contribution in [0.5, 0.6) is 0 Å². The Morgan fingerprint density at radius 2 is 1.77 bits per heavy atom. The third-order valence-electron chi connectivity index (χ3n) is 4.34. The number of rotatable bonds is 10. The molecule has 30 heavy (non-hydrogen) atoms. The summed E-state index contributed by atoms with van der Waals surface area (Å²) in [5.41, 5.74) is 2.21. The Kier molecular flexibility index (Phi) is 8.33. The third-order valence-corrected chi connectivity index (χ3v) is 5.68. The van der Waals surface area contributed by atoms with E-state index < -0.39 is 41.2 Å². The zero-order valence-corrected chi connectivity index (χ0v) is 16.9. The molecular weight excluding hydrogens is 423 g/mol. The number of nitrogens with one attached hydrogen (secondary N) is 2. The lowest BCUT2D eigenvalue weighted by Crippen LogP contribution is -2.43. The molecule has 1 heterocycles. The lowest BCUT2D eigenvalue weighted by atomic mass is 9.99. The number of hydrogen-bond donors (Lipinski definition) is 3. The van der Waals surface area contributed by atoms with Gasteiger partial charge in [-0.25, -0.2) is 17.5 Å². The second kappa shape index (κ2) is 10.5. The van der Waals surface area contributed by atoms with Crippen LogP contribution in [0.3, 0.4) is 0 Å². The molecule has 0 saturated carbocycles. The van der Waals surface area contributed by atoms with Gasteiger partial charge in [0.15, 0.2) is 0 Å². The van der Waals surface area contributed by atoms with Crippen molar-refractivity contribution >= 4 is 15.9 Å². The van der Waals surface area contributed by atoms with Crippen LogP contribution in [0.1, 0.15) is 24.3 Å². The first-order valence-corrected chi connectivity index (χ1v) is 10.7. The number of pyridine rings is 1. The van der Waals surface area contributed by atoms with Crippen LogP contribution in [0.15, 0.2) is 42.6 Å². The van der Waals surface area contributed by atoms with Gasteiger partial charge in [-0.1, -0.05) is 30.3 Å². The van der Waals surface area contributed by atoms with Crippen molar-refractivity contribution in [3.8, 4) is 11.1 Å². The van der Waals surface area contributed by atoms with Gasteiger partial charge < -0.3 is 10.4 Å². The van der Waals surface area contributed by atoms with Crippen molar-refractivity contribution in [2.24, 2.45) is 0 Å². The Hall–Kier alpha value is -2.50. The first-order valence-electron chi connectivity index (χ1n) is 9.02. The first-order chi connectivity index (χ1) is 14.2. The van der Waals surface area contributed by atoms with Gasteiger partial charge in [0.1, 0.15) is 12.8 Å². The number of aliphatic hydroxyl groups excluding tert-OH is 1. The average Bonchev–Trinajstić information content (AvgIpc) is 2.76. The van der Waals surface area contributed by atoms with Crippen molar-refractivity contribution < 1.29 is 31.5 Å². The first kappa shape index (κ1) is 23.8. The zero-order chi connectivity index (χ0) is 22.3. The maximum absolute atomic E-state index is 13.1. The summed E-state index contributed by atoms with van der Waals surface area (Å²) in [5, 5.41) is 12.0. The Balaban J connectivity index is 2.06. The SMILES string of the molecule is CCS(=O)(=O)NCc1ccc(-c2ccc([C@@H](O)[C@@H](CF)NC(=O)C(F)F)cc2)cn1. The highest BCUT2D eigenvalue weighted by atomic mass is 32.2. The van der Waals surface area contributed by atoms with E-state index in [9.17, 15) is 31.5 Å². The van der Waals surface area contributed by atoms with Crippen LogP contribution in [-0.2, 0) is 21.4 Å². The van der Waals surface area contributed by atoms with E-state index in [2.05, 4.69) is 9.71 Å². The Bertz CT molecular complexity index is 939. The normalized spacial score (nSPS) is 13.8. The molecule has 2 atom stereocenters. The lowest BCUT2D eigenvalue weighted by molar-refractivity contribution is -0.133. The van der Waals surface area contributed by atoms with Gasteiger partial charge in [0, 0.05) is 11.8 Å². The summed E-state index contributed by atoms with van der Waals surface area (Å²) in [4.78, 5) is 15.2. The number of halogens is 3. The number of benzene rings is 1. The van der Waals surface area contributed by atoms with Crippen LogP contribution in [0.2, 0.25) is 0 Å². The number of aromatic nitrogens is 1. The summed E-state index contributed by atoms with van der Waals surface area (Å²) in [5.74, 6) is -1.68. The second-order valence-corrected chi connectivity index (χ2v) is 8.50. The van der Waals surface area contributed by atoms with E-state index in [0.29, 0.717) is 16.8 Å². The van der Waals surface area contributed by atoms with E-state index in [1.54, 1.807) is 35.8 Å². The molecule has 1 aromatic carbocycles. The van der Waals surface area contributed by atoms with E-state index >= 15 is 0 Å². The molecule has 164 valence electrons. The Morgan fingerprint density at radius 1 is 1.13 bits per heavy atom. The minimum Gasteiger partial charge on any atom is -0.386 e. The number of carbonyl (C=O) groups is 1. The molecule has 1 aromatic heterocycles. The van der Waals surface area contributed by atoms with Gasteiger partial charge in [-0.15, -0.1) is 0 Å². The fourth-order valence-electron chi connectivity index (χ4n) is 2.54. The minimum atomic E-state index is -3.32. The van der Waals surface area contributed by atoms with E-state index in [-0.39, 0.29) is 17.9 Å². The van der Waals surface area contributed by atoms with Crippen molar-refractivity contribution in [3.05, 3.63) is 53.9 Å². The molecule has 0 fully saturated rings. The highest BCUT2D eigenvalue weighted by molar-refractivity contribution is 7.89. The lowest BCUT2D eigenvalue weighted by Gasteiger charge is -2.22. The Labute approximate surface area is 172 Å². The molecule has 0 aliphatic heterocycles. The highest BCUT2D eigenvalue weighted by Crippen LogP contribution is 2.23. The van der Waals surface area contributed by atoms with Crippen molar-refractivity contribution in [1.82, 2.24) is 15.0 Å². The molecule has 11 heteroatoms. The third kappa shape index (κ3) is 6.51. The predicted molar refractivity (Wildman–Crippen MR) is 105 cm³/mol. The van der Waals surface area contributed by atoms with Crippen LogP contribution >= 0.6 is 0 Å². The standard InChI is InChI=1S/C19H22F3N3O4S/c1-2-30(28,29)24-11-15-8-7-14(10-23-15)12-3-5-13(6-4-12)17(26)16(9-20)25-19(27)18(21)22/h3-8,10,16-18,24,26H,2,9,11H2,1H3,(H,25,27)/t16-,17-/m1/s1. The van der Waals surface area contributed by atoms with Gasteiger partial charge in [0.05, 0.1) is 24.0 Å². The molecule has 3 N–H and O–H groups in total. The van der Waals surface area contributed by atoms with Crippen molar-refractivity contribution in [2.75, 3.05) is 12.4 Å². The summed E-state index contributed by atoms with van der Waals surface area (Å²) in [6, 6.07) is 8.13. The average molecular weight is 445 g/mol. The highest BCUT2D eigenvalue weighted by Gasteiger charge is 2.26. The topological polar surface area (TPSA) is 108 Å². The monoisotopic (exact) mass is 445 g/mol. The summed E-state index contributed by atoms with van der Waals surface area (Å²) < 4.78 is 63.1. The molecule has 2 rings (SSSR count). The minimum absolute atomic E-state index is 0.0294. The number of amides is 1. The molecule has 0 bridgehead atoms. The number of nitrogens with zero attached hydrogens (tertiary/aromatic N) is 1. The van der Waals surface area contributed by atoms with E-state index in [1.807, 2.05) is 0 Å². The largest absolute Gasteiger partial charge is 0.386 e. The summed E-state index contributed by atoms with van der Waals surface area (Å²) in [6.45, 7) is 0.382. The van der Waals surface area contributed by atoms with E-state index in [0.717, 1.165) is 0 Å². The van der Waals surface area contributed by atoms with E-state index in [4.69, 9.17) is 0 Å². The fourth-order valence-corrected chi connectivity index (χ4v) is 3.11. The molecule has 0 radical (unpaired) electrons. The number of carbonyl (C=O) groups excluding carboxylic acids is 1. The zero-order valence-electron chi connectivity index (χ0n) is 16.1. The van der Waals surface area contributed by atoms with Crippen LogP contribution in [0.4, 0.5) is 13.2 Å². The van der Waals surface area contributed by atoms with Crippen molar-refractivity contribution in [2.45, 2.75) is 32.0 Å². The van der Waals surface area contributed by atoms with Gasteiger partial charge in [0.25, 0.3) is 5.91 Å². The summed E-state index contributed by atoms with van der Waals surface area (Å²) in [7, 11) is -3.32. The van der Waals surface area contributed by atoms with E-state index in [1.165, 1.54) is 19.1 Å². The smallest absolute Gasteiger partial charge is 0.315 e. The second-order valence-electron chi connectivity index (χ2n) is 6.40. The predicted octanol–water partition coefficient (Wildman–Crippen LogP) is 1.94. The van der Waals surface area contributed by atoms with Crippen LogP contribution in [0.25, 0.3) is 11.1 Å². The van der Waals surface area contributed by atoms with Crippen LogP contribution < -0.4 is 10.0 Å². The maximum Gasteiger partial charge on any atom is 0.315 e. The molecule has 7 nitrogen and oxygen atoms in total. The number of hydrogen-bond acceptors (Lipinski definition) is 5. The van der Waals surface area contributed by atoms with Gasteiger partial charge in [-0.2, -0.15) is 8.78 Å². The molecular formula is C19H22F3N3O4S. The Morgan fingerprint density at radius 3 is 2.27 bits per heavy atom. The van der Waals surface area contributed by atoms with Crippen molar-refractivity contribution in [3.63, 3.8) is 0 Å². The molecule has 0 spiro atoms. The maximum atomic E-state index is 13.1. The molecule has 0 aliphatic carbocycles. The number of aliphatic hydroxyl groups is 1. The summed E-state index contributed by atoms with van der Waals surface area (Å²) >= 11 is 0. The van der Waals surface area contributed by atoms with Gasteiger partial charge >= 0.3 is 6.43 Å². The summed E-state index contributed by atoms with van der Waals surface area (Å²) in [6.07, 6.45) is -3.26.